The lowest BCUT2D eigenvalue weighted by atomic mass is 9.91. The molecule has 2 aromatic rings. The Hall–Kier alpha value is -2.03. The van der Waals surface area contributed by atoms with Crippen LogP contribution in [0, 0.1) is 11.7 Å². The first-order chi connectivity index (χ1) is 10.1. The fourth-order valence-corrected chi connectivity index (χ4v) is 3.23. The van der Waals surface area contributed by atoms with Crippen LogP contribution in [-0.2, 0) is 6.42 Å². The molecule has 1 aliphatic heterocycles. The maximum Gasteiger partial charge on any atom is 0.132 e. The summed E-state index contributed by atoms with van der Waals surface area (Å²) in [5.41, 5.74) is 3.13. The zero-order valence-corrected chi connectivity index (χ0v) is 12.4. The second-order valence-electron chi connectivity index (χ2n) is 5.97. The van der Waals surface area contributed by atoms with Crippen LogP contribution < -0.4 is 4.90 Å². The predicted molar refractivity (Wildman–Crippen MR) is 83.1 cm³/mol. The fourth-order valence-electron chi connectivity index (χ4n) is 3.23. The highest BCUT2D eigenvalue weighted by Crippen LogP contribution is 2.36. The Labute approximate surface area is 124 Å². The molecule has 0 bridgehead atoms. The summed E-state index contributed by atoms with van der Waals surface area (Å²) in [7, 11) is 0. The third-order valence-electron chi connectivity index (χ3n) is 4.28. The van der Waals surface area contributed by atoms with Crippen molar-refractivity contribution in [3.05, 3.63) is 59.4 Å². The summed E-state index contributed by atoms with van der Waals surface area (Å²) in [6.45, 7) is 5.16. The van der Waals surface area contributed by atoms with Crippen LogP contribution in [0.5, 0.6) is 5.75 Å². The Kier molecular flexibility index (Phi) is 3.58. The van der Waals surface area contributed by atoms with E-state index >= 15 is 0 Å². The maximum absolute atomic E-state index is 14.1. The number of hydrogen-bond acceptors (Lipinski definition) is 2. The van der Waals surface area contributed by atoms with Gasteiger partial charge in [-0.2, -0.15) is 0 Å². The molecule has 1 N–H and O–H groups in total. The van der Waals surface area contributed by atoms with Gasteiger partial charge in [0.05, 0.1) is 6.04 Å². The number of halogens is 1. The SMILES string of the molecule is CC1Cc2ccccc2N(C(C)c2ccc(O)cc2F)C1. The van der Waals surface area contributed by atoms with Gasteiger partial charge in [-0.25, -0.2) is 4.39 Å². The second-order valence-corrected chi connectivity index (χ2v) is 5.97. The minimum Gasteiger partial charge on any atom is -0.508 e. The van der Waals surface area contributed by atoms with Crippen molar-refractivity contribution in [3.8, 4) is 5.75 Å². The van der Waals surface area contributed by atoms with Crippen LogP contribution in [-0.4, -0.2) is 11.7 Å². The first-order valence-electron chi connectivity index (χ1n) is 7.39. The van der Waals surface area contributed by atoms with Gasteiger partial charge in [0, 0.05) is 23.9 Å². The lowest BCUT2D eigenvalue weighted by molar-refractivity contribution is 0.462. The summed E-state index contributed by atoms with van der Waals surface area (Å²) < 4.78 is 14.1. The Morgan fingerprint density at radius 3 is 2.76 bits per heavy atom. The zero-order valence-electron chi connectivity index (χ0n) is 12.4. The molecular weight excluding hydrogens is 265 g/mol. The van der Waals surface area contributed by atoms with Crippen LogP contribution >= 0.6 is 0 Å². The number of fused-ring (bicyclic) bond motifs is 1. The van der Waals surface area contributed by atoms with E-state index in [0.717, 1.165) is 13.0 Å². The molecule has 0 radical (unpaired) electrons. The number of para-hydroxylation sites is 1. The van der Waals surface area contributed by atoms with E-state index in [1.54, 1.807) is 12.1 Å². The van der Waals surface area contributed by atoms with E-state index in [0.29, 0.717) is 11.5 Å². The second kappa shape index (κ2) is 5.40. The van der Waals surface area contributed by atoms with Gasteiger partial charge < -0.3 is 10.0 Å². The number of phenolic OH excluding ortho intramolecular Hbond substituents is 1. The third-order valence-corrected chi connectivity index (χ3v) is 4.28. The first-order valence-corrected chi connectivity index (χ1v) is 7.39. The van der Waals surface area contributed by atoms with Gasteiger partial charge in [-0.3, -0.25) is 0 Å². The van der Waals surface area contributed by atoms with Gasteiger partial charge in [0.25, 0.3) is 0 Å². The van der Waals surface area contributed by atoms with Crippen LogP contribution in [0.2, 0.25) is 0 Å². The molecule has 2 unspecified atom stereocenters. The molecule has 2 atom stereocenters. The normalized spacial score (nSPS) is 19.2. The highest BCUT2D eigenvalue weighted by atomic mass is 19.1. The van der Waals surface area contributed by atoms with Crippen molar-refractivity contribution in [3.63, 3.8) is 0 Å². The van der Waals surface area contributed by atoms with Gasteiger partial charge in [0.2, 0.25) is 0 Å². The van der Waals surface area contributed by atoms with Gasteiger partial charge in [0.1, 0.15) is 11.6 Å². The molecule has 1 heterocycles. The highest BCUT2D eigenvalue weighted by molar-refractivity contribution is 5.57. The van der Waals surface area contributed by atoms with Crippen LogP contribution in [0.3, 0.4) is 0 Å². The molecule has 21 heavy (non-hydrogen) atoms. The molecule has 0 aliphatic carbocycles. The van der Waals surface area contributed by atoms with E-state index in [9.17, 15) is 9.50 Å². The number of nitrogens with zero attached hydrogens (tertiary/aromatic N) is 1. The summed E-state index contributed by atoms with van der Waals surface area (Å²) in [4.78, 5) is 2.26. The maximum atomic E-state index is 14.1. The molecule has 0 amide bonds. The molecule has 110 valence electrons. The minimum absolute atomic E-state index is 0.0316. The number of hydrogen-bond donors (Lipinski definition) is 1. The van der Waals surface area contributed by atoms with Crippen molar-refractivity contribution >= 4 is 5.69 Å². The van der Waals surface area contributed by atoms with E-state index in [1.807, 2.05) is 13.0 Å². The monoisotopic (exact) mass is 285 g/mol. The van der Waals surface area contributed by atoms with Crippen LogP contribution in [0.15, 0.2) is 42.5 Å². The molecule has 0 saturated carbocycles. The molecule has 1 aliphatic rings. The van der Waals surface area contributed by atoms with E-state index in [4.69, 9.17) is 0 Å². The summed E-state index contributed by atoms with van der Waals surface area (Å²) in [5, 5.41) is 9.38. The van der Waals surface area contributed by atoms with Gasteiger partial charge in [-0.05, 0) is 37.0 Å². The largest absolute Gasteiger partial charge is 0.508 e. The third kappa shape index (κ3) is 2.60. The smallest absolute Gasteiger partial charge is 0.132 e. The fraction of sp³-hybridized carbons (Fsp3) is 0.333. The summed E-state index contributed by atoms with van der Waals surface area (Å²) in [5.74, 6) is 0.164. The number of phenols is 1. The van der Waals surface area contributed by atoms with Crippen LogP contribution in [0.25, 0.3) is 0 Å². The number of anilines is 1. The van der Waals surface area contributed by atoms with Crippen molar-refractivity contribution in [2.45, 2.75) is 26.3 Å². The molecule has 0 fully saturated rings. The Bertz CT molecular complexity index is 655. The average molecular weight is 285 g/mol. The topological polar surface area (TPSA) is 23.5 Å². The van der Waals surface area contributed by atoms with Crippen molar-refractivity contribution in [2.75, 3.05) is 11.4 Å². The Morgan fingerprint density at radius 1 is 1.24 bits per heavy atom. The standard InChI is InChI=1S/C18H20FNO/c1-12-9-14-5-3-4-6-18(14)20(11-12)13(2)16-8-7-15(21)10-17(16)19/h3-8,10,12-13,21H,9,11H2,1-2H3. The molecule has 2 aromatic carbocycles. The Morgan fingerprint density at radius 2 is 2.00 bits per heavy atom. The van der Waals surface area contributed by atoms with Gasteiger partial charge in [-0.1, -0.05) is 31.2 Å². The Balaban J connectivity index is 1.99. The van der Waals surface area contributed by atoms with Crippen molar-refractivity contribution in [1.82, 2.24) is 0 Å². The summed E-state index contributed by atoms with van der Waals surface area (Å²) in [6.07, 6.45) is 1.07. The van der Waals surface area contributed by atoms with Gasteiger partial charge in [0.15, 0.2) is 0 Å². The van der Waals surface area contributed by atoms with E-state index in [1.165, 1.54) is 17.3 Å². The lowest BCUT2D eigenvalue weighted by Crippen LogP contribution is -2.36. The number of benzene rings is 2. The van der Waals surface area contributed by atoms with E-state index in [-0.39, 0.29) is 17.6 Å². The lowest BCUT2D eigenvalue weighted by Gasteiger charge is -2.39. The van der Waals surface area contributed by atoms with Crippen molar-refractivity contribution in [1.29, 1.82) is 0 Å². The molecule has 2 nitrogen and oxygen atoms in total. The molecule has 3 heteroatoms. The van der Waals surface area contributed by atoms with Gasteiger partial charge in [-0.15, -0.1) is 0 Å². The minimum atomic E-state index is -0.349. The van der Waals surface area contributed by atoms with Crippen molar-refractivity contribution < 1.29 is 9.50 Å². The van der Waals surface area contributed by atoms with Crippen molar-refractivity contribution in [2.24, 2.45) is 5.92 Å². The molecule has 0 saturated heterocycles. The van der Waals surface area contributed by atoms with E-state index < -0.39 is 0 Å². The predicted octanol–water partition coefficient (Wildman–Crippen LogP) is 4.29. The molecule has 0 spiro atoms. The first kappa shape index (κ1) is 13.9. The number of rotatable bonds is 2. The average Bonchev–Trinajstić information content (AvgIpc) is 2.45. The van der Waals surface area contributed by atoms with Crippen LogP contribution in [0.4, 0.5) is 10.1 Å². The summed E-state index contributed by atoms with van der Waals surface area (Å²) >= 11 is 0. The van der Waals surface area contributed by atoms with Crippen LogP contribution in [0.1, 0.15) is 31.0 Å². The zero-order chi connectivity index (χ0) is 15.0. The highest BCUT2D eigenvalue weighted by Gasteiger charge is 2.27. The van der Waals surface area contributed by atoms with Gasteiger partial charge >= 0.3 is 0 Å². The number of aromatic hydroxyl groups is 1. The quantitative estimate of drug-likeness (QED) is 0.889. The summed E-state index contributed by atoms with van der Waals surface area (Å²) in [6, 6.07) is 12.7. The molecular formula is C18H20FNO. The van der Waals surface area contributed by atoms with E-state index in [2.05, 4.69) is 30.0 Å². The molecule has 3 rings (SSSR count). The molecule has 0 aromatic heterocycles.